The van der Waals surface area contributed by atoms with Gasteiger partial charge < -0.3 is 4.42 Å². The molecule has 13 heavy (non-hydrogen) atoms. The molecule has 3 heteroatoms. The van der Waals surface area contributed by atoms with E-state index in [0.717, 1.165) is 0 Å². The molecule has 0 aliphatic rings. The molecule has 64 valence electrons. The van der Waals surface area contributed by atoms with Gasteiger partial charge in [0.1, 0.15) is 23.7 Å². The third kappa shape index (κ3) is 1.07. The van der Waals surface area contributed by atoms with Gasteiger partial charge in [-0.3, -0.25) is 0 Å². The number of fused-ring (bicyclic) bond motifs is 1. The van der Waals surface area contributed by atoms with Crippen LogP contribution in [-0.2, 0) is 0 Å². The Morgan fingerprint density at radius 1 is 1.46 bits per heavy atom. The highest BCUT2D eigenvalue weighted by Gasteiger charge is 2.07. The van der Waals surface area contributed by atoms with Gasteiger partial charge in [0.2, 0.25) is 0 Å². The molecule has 2 rings (SSSR count). The molecule has 0 saturated carbocycles. The molecule has 0 aliphatic heterocycles. The molecule has 0 amide bonds. The van der Waals surface area contributed by atoms with Crippen molar-refractivity contribution in [2.75, 3.05) is 0 Å². The highest BCUT2D eigenvalue weighted by molar-refractivity contribution is 5.84. The van der Waals surface area contributed by atoms with Crippen LogP contribution in [0, 0.1) is 24.1 Å². The van der Waals surface area contributed by atoms with E-state index >= 15 is 0 Å². The van der Waals surface area contributed by atoms with Crippen LogP contribution in [-0.4, -0.2) is 0 Å². The number of benzene rings is 1. The molecule has 0 fully saturated rings. The molecule has 0 unspecified atom stereocenters. The largest absolute Gasteiger partial charge is 0.463 e. The highest BCUT2D eigenvalue weighted by atomic mass is 19.1. The fraction of sp³-hybridized carbons (Fsp3) is 0.100. The van der Waals surface area contributed by atoms with E-state index in [2.05, 4.69) is 0 Å². The van der Waals surface area contributed by atoms with Crippen molar-refractivity contribution in [3.8, 4) is 6.07 Å². The summed E-state index contributed by atoms with van der Waals surface area (Å²) in [6.45, 7) is 1.66. The van der Waals surface area contributed by atoms with E-state index in [1.54, 1.807) is 13.0 Å². The van der Waals surface area contributed by atoms with E-state index in [1.807, 2.05) is 6.07 Å². The molecule has 1 aromatic heterocycles. The normalized spacial score (nSPS) is 10.2. The summed E-state index contributed by atoms with van der Waals surface area (Å²) >= 11 is 0. The van der Waals surface area contributed by atoms with Crippen molar-refractivity contribution in [3.63, 3.8) is 0 Å². The minimum Gasteiger partial charge on any atom is -0.463 e. The quantitative estimate of drug-likeness (QED) is 0.617. The van der Waals surface area contributed by atoms with Gasteiger partial charge in [0, 0.05) is 11.5 Å². The van der Waals surface area contributed by atoms with E-state index in [-0.39, 0.29) is 5.82 Å². The molecular formula is C10H6FNO. The zero-order valence-electron chi connectivity index (χ0n) is 6.97. The summed E-state index contributed by atoms with van der Waals surface area (Å²) in [5.74, 6) is -0.314. The number of rotatable bonds is 0. The summed E-state index contributed by atoms with van der Waals surface area (Å²) in [7, 11) is 0. The SMILES string of the molecule is Cc1cc2c(C#N)coc2cc1F. The van der Waals surface area contributed by atoms with Crippen LogP contribution in [0.2, 0.25) is 0 Å². The first kappa shape index (κ1) is 7.81. The fourth-order valence-corrected chi connectivity index (χ4v) is 1.24. The zero-order valence-corrected chi connectivity index (χ0v) is 6.97. The van der Waals surface area contributed by atoms with Crippen LogP contribution in [0.5, 0.6) is 0 Å². The molecule has 0 bridgehead atoms. The van der Waals surface area contributed by atoms with Crippen LogP contribution >= 0.6 is 0 Å². The molecular weight excluding hydrogens is 169 g/mol. The van der Waals surface area contributed by atoms with Gasteiger partial charge in [0.05, 0.1) is 5.56 Å². The molecule has 0 radical (unpaired) electrons. The Hall–Kier alpha value is -1.82. The van der Waals surface area contributed by atoms with E-state index in [0.29, 0.717) is 22.1 Å². The Balaban J connectivity index is 2.86. The van der Waals surface area contributed by atoms with Crippen molar-refractivity contribution in [2.45, 2.75) is 6.92 Å². The molecule has 1 heterocycles. The number of nitriles is 1. The summed E-state index contributed by atoms with van der Waals surface area (Å²) in [5.41, 5.74) is 1.38. The molecule has 0 atom stereocenters. The zero-order chi connectivity index (χ0) is 9.42. The number of hydrogen-bond donors (Lipinski definition) is 0. The maximum absolute atomic E-state index is 13.0. The second-order valence-corrected chi connectivity index (χ2v) is 2.86. The lowest BCUT2D eigenvalue weighted by molar-refractivity contribution is 0.594. The minimum absolute atomic E-state index is 0.314. The summed E-state index contributed by atoms with van der Waals surface area (Å²) in [6.07, 6.45) is 1.34. The van der Waals surface area contributed by atoms with Crippen LogP contribution in [0.15, 0.2) is 22.8 Å². The standard InChI is InChI=1S/C10H6FNO/c1-6-2-8-7(4-12)5-13-10(8)3-9(6)11/h2-3,5H,1H3. The molecule has 0 aliphatic carbocycles. The Kier molecular flexibility index (Phi) is 1.56. The van der Waals surface area contributed by atoms with Crippen LogP contribution < -0.4 is 0 Å². The highest BCUT2D eigenvalue weighted by Crippen LogP contribution is 2.23. The number of nitrogens with zero attached hydrogens (tertiary/aromatic N) is 1. The third-order valence-corrected chi connectivity index (χ3v) is 1.98. The summed E-state index contributed by atoms with van der Waals surface area (Å²) in [6, 6.07) is 4.90. The van der Waals surface area contributed by atoms with Crippen molar-refractivity contribution in [1.29, 1.82) is 5.26 Å². The minimum atomic E-state index is -0.314. The van der Waals surface area contributed by atoms with E-state index in [9.17, 15) is 4.39 Å². The van der Waals surface area contributed by atoms with Crippen molar-refractivity contribution in [1.82, 2.24) is 0 Å². The maximum atomic E-state index is 13.0. The van der Waals surface area contributed by atoms with Crippen molar-refractivity contribution < 1.29 is 8.81 Å². The van der Waals surface area contributed by atoms with Crippen LogP contribution in [0.3, 0.4) is 0 Å². The van der Waals surface area contributed by atoms with Crippen molar-refractivity contribution in [3.05, 3.63) is 35.3 Å². The first-order chi connectivity index (χ1) is 6.22. The lowest BCUT2D eigenvalue weighted by Gasteiger charge is -1.94. The third-order valence-electron chi connectivity index (χ3n) is 1.98. The van der Waals surface area contributed by atoms with Gasteiger partial charge in [-0.15, -0.1) is 0 Å². The average Bonchev–Trinajstić information content (AvgIpc) is 2.48. The predicted molar refractivity (Wildman–Crippen MR) is 45.6 cm³/mol. The molecule has 0 N–H and O–H groups in total. The maximum Gasteiger partial charge on any atom is 0.138 e. The Morgan fingerprint density at radius 2 is 2.23 bits per heavy atom. The second kappa shape index (κ2) is 2.60. The van der Waals surface area contributed by atoms with Gasteiger partial charge >= 0.3 is 0 Å². The summed E-state index contributed by atoms with van der Waals surface area (Å²) in [5, 5.41) is 9.35. The predicted octanol–water partition coefficient (Wildman–Crippen LogP) is 2.75. The topological polar surface area (TPSA) is 36.9 Å². The monoisotopic (exact) mass is 175 g/mol. The lowest BCUT2D eigenvalue weighted by Crippen LogP contribution is -1.81. The van der Waals surface area contributed by atoms with Gasteiger partial charge in [-0.1, -0.05) is 0 Å². The molecule has 0 saturated heterocycles. The lowest BCUT2D eigenvalue weighted by atomic mass is 10.1. The van der Waals surface area contributed by atoms with Gasteiger partial charge in [0.25, 0.3) is 0 Å². The number of aryl methyl sites for hydroxylation is 1. The molecule has 2 aromatic rings. The molecule has 1 aromatic carbocycles. The summed E-state index contributed by atoms with van der Waals surface area (Å²) < 4.78 is 18.0. The molecule has 0 spiro atoms. The smallest absolute Gasteiger partial charge is 0.138 e. The first-order valence-electron chi connectivity index (χ1n) is 3.80. The fourth-order valence-electron chi connectivity index (χ4n) is 1.24. The van der Waals surface area contributed by atoms with Crippen LogP contribution in [0.25, 0.3) is 11.0 Å². The van der Waals surface area contributed by atoms with Gasteiger partial charge in [0.15, 0.2) is 0 Å². The number of hydrogen-bond acceptors (Lipinski definition) is 2. The van der Waals surface area contributed by atoms with Gasteiger partial charge in [-0.25, -0.2) is 4.39 Å². The van der Waals surface area contributed by atoms with E-state index in [4.69, 9.17) is 9.68 Å². The Bertz CT molecular complexity index is 507. The van der Waals surface area contributed by atoms with E-state index < -0.39 is 0 Å². The number of halogens is 1. The van der Waals surface area contributed by atoms with Crippen LogP contribution in [0.1, 0.15) is 11.1 Å². The van der Waals surface area contributed by atoms with Crippen molar-refractivity contribution >= 4 is 11.0 Å². The van der Waals surface area contributed by atoms with Crippen LogP contribution in [0.4, 0.5) is 4.39 Å². The number of furan rings is 1. The van der Waals surface area contributed by atoms with Gasteiger partial charge in [-0.05, 0) is 18.6 Å². The first-order valence-corrected chi connectivity index (χ1v) is 3.80. The summed E-state index contributed by atoms with van der Waals surface area (Å²) in [4.78, 5) is 0. The Labute approximate surface area is 74.2 Å². The second-order valence-electron chi connectivity index (χ2n) is 2.86. The average molecular weight is 175 g/mol. The Morgan fingerprint density at radius 3 is 2.92 bits per heavy atom. The molecule has 2 nitrogen and oxygen atoms in total. The van der Waals surface area contributed by atoms with Gasteiger partial charge in [-0.2, -0.15) is 5.26 Å². The van der Waals surface area contributed by atoms with Crippen molar-refractivity contribution in [2.24, 2.45) is 0 Å². The van der Waals surface area contributed by atoms with E-state index in [1.165, 1.54) is 12.3 Å².